The third kappa shape index (κ3) is 2.88. The molecule has 0 saturated heterocycles. The molecule has 110 valence electrons. The number of carbonyl (C=O) groups excluding carboxylic acids is 1. The van der Waals surface area contributed by atoms with Crippen LogP contribution in [0.4, 0.5) is 5.82 Å². The summed E-state index contributed by atoms with van der Waals surface area (Å²) >= 11 is 0. The van der Waals surface area contributed by atoms with Crippen molar-refractivity contribution in [3.05, 3.63) is 60.8 Å². The summed E-state index contributed by atoms with van der Waals surface area (Å²) in [5.74, 6) is 0.586. The normalized spacial score (nSPS) is 10.4. The first kappa shape index (κ1) is 14.0. The Morgan fingerprint density at radius 3 is 2.55 bits per heavy atom. The predicted octanol–water partition coefficient (Wildman–Crippen LogP) is 3.28. The highest BCUT2D eigenvalue weighted by Crippen LogP contribution is 2.23. The lowest BCUT2D eigenvalue weighted by atomic mass is 10.3. The molecule has 0 aliphatic carbocycles. The van der Waals surface area contributed by atoms with E-state index in [9.17, 15) is 4.79 Å². The molecule has 22 heavy (non-hydrogen) atoms. The maximum Gasteiger partial charge on any atom is 0.225 e. The molecule has 3 aromatic rings. The molecule has 0 bridgehead atoms. The average molecular weight is 292 g/mol. The number of pyridine rings is 1. The summed E-state index contributed by atoms with van der Waals surface area (Å²) in [5, 5.41) is 7.46. The van der Waals surface area contributed by atoms with Crippen molar-refractivity contribution in [1.29, 1.82) is 0 Å². The standard InChI is InChI=1S/C17H16N4O/c1-2-17(22)19-16-12-15(14-10-6-7-11-18-14)20-21(16)13-8-4-3-5-9-13/h3-12H,2H2,1H3,(H,19,22). The molecule has 0 saturated carbocycles. The van der Waals surface area contributed by atoms with Crippen LogP contribution in [-0.2, 0) is 4.79 Å². The molecule has 0 radical (unpaired) electrons. The zero-order valence-electron chi connectivity index (χ0n) is 12.2. The van der Waals surface area contributed by atoms with E-state index >= 15 is 0 Å². The fourth-order valence-electron chi connectivity index (χ4n) is 2.11. The first-order valence-corrected chi connectivity index (χ1v) is 7.14. The zero-order chi connectivity index (χ0) is 15.4. The van der Waals surface area contributed by atoms with Crippen LogP contribution in [-0.4, -0.2) is 20.7 Å². The first-order chi connectivity index (χ1) is 10.8. The van der Waals surface area contributed by atoms with Crippen LogP contribution in [0.3, 0.4) is 0 Å². The number of aromatic nitrogens is 3. The number of anilines is 1. The summed E-state index contributed by atoms with van der Waals surface area (Å²) in [6.07, 6.45) is 2.14. The molecule has 0 aliphatic rings. The van der Waals surface area contributed by atoms with Gasteiger partial charge in [-0.2, -0.15) is 5.10 Å². The molecule has 1 N–H and O–H groups in total. The van der Waals surface area contributed by atoms with E-state index in [2.05, 4.69) is 15.4 Å². The second kappa shape index (κ2) is 6.22. The van der Waals surface area contributed by atoms with Gasteiger partial charge in [-0.1, -0.05) is 31.2 Å². The van der Waals surface area contributed by atoms with Crippen LogP contribution in [0.2, 0.25) is 0 Å². The van der Waals surface area contributed by atoms with Gasteiger partial charge in [0.25, 0.3) is 0 Å². The molecule has 0 unspecified atom stereocenters. The molecule has 0 spiro atoms. The summed E-state index contributed by atoms with van der Waals surface area (Å²) in [6, 6.07) is 17.2. The number of carbonyl (C=O) groups is 1. The van der Waals surface area contributed by atoms with Crippen LogP contribution >= 0.6 is 0 Å². The molecule has 2 heterocycles. The Balaban J connectivity index is 2.07. The molecule has 0 aliphatic heterocycles. The summed E-state index contributed by atoms with van der Waals surface area (Å²) in [6.45, 7) is 1.82. The highest BCUT2D eigenvalue weighted by atomic mass is 16.1. The predicted molar refractivity (Wildman–Crippen MR) is 85.7 cm³/mol. The van der Waals surface area contributed by atoms with Crippen molar-refractivity contribution in [2.45, 2.75) is 13.3 Å². The minimum Gasteiger partial charge on any atom is -0.311 e. The topological polar surface area (TPSA) is 59.8 Å². The minimum absolute atomic E-state index is 0.0512. The second-order valence-electron chi connectivity index (χ2n) is 4.78. The highest BCUT2D eigenvalue weighted by Gasteiger charge is 2.13. The third-order valence-corrected chi connectivity index (χ3v) is 3.23. The number of hydrogen-bond donors (Lipinski definition) is 1. The van der Waals surface area contributed by atoms with Gasteiger partial charge in [0.2, 0.25) is 5.91 Å². The van der Waals surface area contributed by atoms with E-state index in [0.29, 0.717) is 12.2 Å². The number of nitrogens with zero attached hydrogens (tertiary/aromatic N) is 3. The average Bonchev–Trinajstić information content (AvgIpc) is 3.00. The molecular formula is C17H16N4O. The van der Waals surface area contributed by atoms with Crippen molar-refractivity contribution in [3.63, 3.8) is 0 Å². The lowest BCUT2D eigenvalue weighted by molar-refractivity contribution is -0.115. The fourth-order valence-corrected chi connectivity index (χ4v) is 2.11. The van der Waals surface area contributed by atoms with Crippen molar-refractivity contribution in [2.75, 3.05) is 5.32 Å². The molecule has 2 aromatic heterocycles. The van der Waals surface area contributed by atoms with E-state index in [-0.39, 0.29) is 5.91 Å². The Labute approximate surface area is 128 Å². The Hall–Kier alpha value is -2.95. The van der Waals surface area contributed by atoms with Crippen LogP contribution in [0.5, 0.6) is 0 Å². The van der Waals surface area contributed by atoms with Crippen LogP contribution in [0.1, 0.15) is 13.3 Å². The maximum absolute atomic E-state index is 11.7. The number of hydrogen-bond acceptors (Lipinski definition) is 3. The van der Waals surface area contributed by atoms with E-state index in [0.717, 1.165) is 17.1 Å². The summed E-state index contributed by atoms with van der Waals surface area (Å²) in [5.41, 5.74) is 2.37. The smallest absolute Gasteiger partial charge is 0.225 e. The van der Waals surface area contributed by atoms with Crippen LogP contribution in [0.15, 0.2) is 60.8 Å². The molecule has 3 rings (SSSR count). The van der Waals surface area contributed by atoms with Gasteiger partial charge in [0.05, 0.1) is 11.4 Å². The molecule has 5 heteroatoms. The Morgan fingerprint density at radius 1 is 1.09 bits per heavy atom. The summed E-state index contributed by atoms with van der Waals surface area (Å²) in [4.78, 5) is 16.1. The summed E-state index contributed by atoms with van der Waals surface area (Å²) < 4.78 is 1.72. The Morgan fingerprint density at radius 2 is 1.86 bits per heavy atom. The number of para-hydroxylation sites is 1. The Kier molecular flexibility index (Phi) is 3.96. The molecule has 5 nitrogen and oxygen atoms in total. The molecule has 1 aromatic carbocycles. The highest BCUT2D eigenvalue weighted by molar-refractivity contribution is 5.90. The third-order valence-electron chi connectivity index (χ3n) is 3.23. The quantitative estimate of drug-likeness (QED) is 0.802. The van der Waals surface area contributed by atoms with Gasteiger partial charge in [0.15, 0.2) is 0 Å². The zero-order valence-corrected chi connectivity index (χ0v) is 12.2. The van der Waals surface area contributed by atoms with Gasteiger partial charge >= 0.3 is 0 Å². The fraction of sp³-hybridized carbons (Fsp3) is 0.118. The van der Waals surface area contributed by atoms with Gasteiger partial charge in [0, 0.05) is 18.7 Å². The van der Waals surface area contributed by atoms with Crippen molar-refractivity contribution in [1.82, 2.24) is 14.8 Å². The van der Waals surface area contributed by atoms with Crippen molar-refractivity contribution < 1.29 is 4.79 Å². The van der Waals surface area contributed by atoms with E-state index in [1.54, 1.807) is 10.9 Å². The van der Waals surface area contributed by atoms with Gasteiger partial charge in [0.1, 0.15) is 11.5 Å². The van der Waals surface area contributed by atoms with E-state index < -0.39 is 0 Å². The first-order valence-electron chi connectivity index (χ1n) is 7.14. The van der Waals surface area contributed by atoms with Crippen molar-refractivity contribution in [3.8, 4) is 17.1 Å². The van der Waals surface area contributed by atoms with E-state index in [4.69, 9.17) is 0 Å². The minimum atomic E-state index is -0.0512. The lowest BCUT2D eigenvalue weighted by Gasteiger charge is -2.07. The SMILES string of the molecule is CCC(=O)Nc1cc(-c2ccccn2)nn1-c1ccccc1. The lowest BCUT2D eigenvalue weighted by Crippen LogP contribution is -2.13. The number of benzene rings is 1. The van der Waals surface area contributed by atoms with Crippen LogP contribution < -0.4 is 5.32 Å². The maximum atomic E-state index is 11.7. The summed E-state index contributed by atoms with van der Waals surface area (Å²) in [7, 11) is 0. The van der Waals surface area contributed by atoms with Gasteiger partial charge in [-0.3, -0.25) is 9.78 Å². The molecule has 0 fully saturated rings. The Bertz CT molecular complexity index is 766. The van der Waals surface area contributed by atoms with Crippen LogP contribution in [0.25, 0.3) is 17.1 Å². The van der Waals surface area contributed by atoms with E-state index in [1.807, 2.05) is 61.5 Å². The van der Waals surface area contributed by atoms with Gasteiger partial charge in [-0.25, -0.2) is 4.68 Å². The number of nitrogens with one attached hydrogen (secondary N) is 1. The van der Waals surface area contributed by atoms with Crippen LogP contribution in [0, 0.1) is 0 Å². The van der Waals surface area contributed by atoms with Crippen molar-refractivity contribution in [2.24, 2.45) is 0 Å². The van der Waals surface area contributed by atoms with Gasteiger partial charge in [-0.15, -0.1) is 0 Å². The number of rotatable bonds is 4. The van der Waals surface area contributed by atoms with Gasteiger partial charge in [-0.05, 0) is 24.3 Å². The second-order valence-corrected chi connectivity index (χ2v) is 4.78. The molecule has 0 atom stereocenters. The van der Waals surface area contributed by atoms with Gasteiger partial charge < -0.3 is 5.32 Å². The largest absolute Gasteiger partial charge is 0.311 e. The molecular weight excluding hydrogens is 276 g/mol. The van der Waals surface area contributed by atoms with E-state index in [1.165, 1.54) is 0 Å². The monoisotopic (exact) mass is 292 g/mol. The van der Waals surface area contributed by atoms with Crippen molar-refractivity contribution >= 4 is 11.7 Å². The molecule has 1 amide bonds. The number of amides is 1.